The minimum absolute atomic E-state index is 0.0613. The van der Waals surface area contributed by atoms with Crippen LogP contribution in [-0.2, 0) is 7.05 Å². The van der Waals surface area contributed by atoms with Crippen molar-refractivity contribution in [1.82, 2.24) is 30.3 Å². The fourth-order valence-electron chi connectivity index (χ4n) is 3.31. The van der Waals surface area contributed by atoms with Gasteiger partial charge in [0.1, 0.15) is 12.1 Å². The third-order valence-electron chi connectivity index (χ3n) is 4.64. The molecule has 1 aliphatic rings. The van der Waals surface area contributed by atoms with E-state index in [1.54, 1.807) is 17.2 Å². The Labute approximate surface area is 147 Å². The maximum absolute atomic E-state index is 12.3. The van der Waals surface area contributed by atoms with E-state index >= 15 is 0 Å². The van der Waals surface area contributed by atoms with E-state index in [1.807, 2.05) is 26.1 Å². The van der Waals surface area contributed by atoms with E-state index in [1.165, 1.54) is 19.3 Å². The Balaban J connectivity index is 1.57. The highest BCUT2D eigenvalue weighted by atomic mass is 16.3. The van der Waals surface area contributed by atoms with Crippen LogP contribution in [-0.4, -0.2) is 45.3 Å². The summed E-state index contributed by atoms with van der Waals surface area (Å²) in [7, 11) is 1.86. The summed E-state index contributed by atoms with van der Waals surface area (Å²) < 4.78 is 7.40. The Morgan fingerprint density at radius 1 is 1.36 bits per heavy atom. The molecule has 0 spiro atoms. The van der Waals surface area contributed by atoms with Crippen LogP contribution in [0, 0.1) is 0 Å². The first-order valence-electron chi connectivity index (χ1n) is 8.81. The van der Waals surface area contributed by atoms with Crippen molar-refractivity contribution in [2.24, 2.45) is 7.05 Å². The zero-order valence-corrected chi connectivity index (χ0v) is 14.8. The molecule has 136 valence electrons. The monoisotopic (exact) mass is 346 g/mol. The molecule has 1 fully saturated rings. The molecule has 0 unspecified atom stereocenters. The van der Waals surface area contributed by atoms with Crippen molar-refractivity contribution in [2.45, 2.75) is 38.3 Å². The molecule has 1 aliphatic heterocycles. The number of likely N-dealkylation sites (tertiary alicyclic amines) is 1. The number of carbonyl (C=O) groups is 1. The van der Waals surface area contributed by atoms with Gasteiger partial charge in [0.25, 0.3) is 0 Å². The average molecular weight is 346 g/mol. The zero-order valence-electron chi connectivity index (χ0n) is 14.8. The second-order valence-corrected chi connectivity index (χ2v) is 6.50. The van der Waals surface area contributed by atoms with Crippen LogP contribution in [0.1, 0.15) is 49.9 Å². The van der Waals surface area contributed by atoms with Gasteiger partial charge in [-0.15, -0.1) is 10.2 Å². The summed E-state index contributed by atoms with van der Waals surface area (Å²) >= 11 is 0. The van der Waals surface area contributed by atoms with E-state index in [0.29, 0.717) is 12.4 Å². The third-order valence-corrected chi connectivity index (χ3v) is 4.64. The Morgan fingerprint density at radius 2 is 2.16 bits per heavy atom. The van der Waals surface area contributed by atoms with E-state index in [4.69, 9.17) is 4.42 Å². The summed E-state index contributed by atoms with van der Waals surface area (Å²) in [5.74, 6) is 1.61. The normalized spacial score (nSPS) is 17.8. The van der Waals surface area contributed by atoms with Crippen LogP contribution in [0.3, 0.4) is 0 Å². The predicted octanol–water partition coefficient (Wildman–Crippen LogP) is 2.00. The number of nitrogens with zero attached hydrogens (tertiary/aromatic N) is 4. The van der Waals surface area contributed by atoms with Crippen molar-refractivity contribution >= 4 is 6.03 Å². The Morgan fingerprint density at radius 3 is 2.80 bits per heavy atom. The van der Waals surface area contributed by atoms with Crippen molar-refractivity contribution in [3.8, 4) is 0 Å². The molecule has 2 atom stereocenters. The van der Waals surface area contributed by atoms with Gasteiger partial charge in [0.15, 0.2) is 5.82 Å². The Hall–Kier alpha value is -2.35. The summed E-state index contributed by atoms with van der Waals surface area (Å²) in [5.41, 5.74) is 0. The predicted molar refractivity (Wildman–Crippen MR) is 92.8 cm³/mol. The lowest BCUT2D eigenvalue weighted by Gasteiger charge is -2.33. The van der Waals surface area contributed by atoms with E-state index in [2.05, 4.69) is 25.7 Å². The van der Waals surface area contributed by atoms with Gasteiger partial charge in [-0.2, -0.15) is 0 Å². The minimum atomic E-state index is -0.218. The third kappa shape index (κ3) is 4.39. The van der Waals surface area contributed by atoms with Gasteiger partial charge in [-0.1, -0.05) is 6.42 Å². The summed E-state index contributed by atoms with van der Waals surface area (Å²) in [6.07, 6.45) is 6.95. The summed E-state index contributed by atoms with van der Waals surface area (Å²) in [5, 5.41) is 13.7. The lowest BCUT2D eigenvalue weighted by Crippen LogP contribution is -2.44. The van der Waals surface area contributed by atoms with Gasteiger partial charge in [-0.25, -0.2) is 4.79 Å². The SMILES string of the molecule is C[C@@H](NC(=O)NC[C@@H](c1ccco1)N1CCCCC1)c1nncn1C. The maximum Gasteiger partial charge on any atom is 0.315 e. The molecule has 3 rings (SSSR count). The van der Waals surface area contributed by atoms with Crippen LogP contribution in [0.25, 0.3) is 0 Å². The van der Waals surface area contributed by atoms with E-state index < -0.39 is 0 Å². The van der Waals surface area contributed by atoms with Crippen molar-refractivity contribution in [1.29, 1.82) is 0 Å². The quantitative estimate of drug-likeness (QED) is 0.835. The molecule has 0 aliphatic carbocycles. The molecular weight excluding hydrogens is 320 g/mol. The van der Waals surface area contributed by atoms with Crippen LogP contribution >= 0.6 is 0 Å². The standard InChI is InChI=1S/C17H26N6O2/c1-13(16-21-19-12-22(16)2)20-17(24)18-11-14(15-7-6-10-25-15)23-8-4-3-5-9-23/h6-7,10,12-14H,3-5,8-9,11H2,1-2H3,(H2,18,20,24)/t13-,14+/m1/s1. The molecule has 2 amide bonds. The number of furan rings is 1. The fraction of sp³-hybridized carbons (Fsp3) is 0.588. The van der Waals surface area contributed by atoms with Gasteiger partial charge in [0.2, 0.25) is 0 Å². The molecule has 0 radical (unpaired) electrons. The van der Waals surface area contributed by atoms with Gasteiger partial charge < -0.3 is 19.6 Å². The molecule has 2 aromatic rings. The highest BCUT2D eigenvalue weighted by Crippen LogP contribution is 2.24. The topological polar surface area (TPSA) is 88.2 Å². The fourth-order valence-corrected chi connectivity index (χ4v) is 3.31. The molecular formula is C17H26N6O2. The number of carbonyl (C=O) groups excluding carboxylic acids is 1. The van der Waals surface area contributed by atoms with Gasteiger partial charge in [-0.3, -0.25) is 4.90 Å². The molecule has 2 N–H and O–H groups in total. The van der Waals surface area contributed by atoms with Crippen molar-refractivity contribution < 1.29 is 9.21 Å². The molecule has 2 aromatic heterocycles. The number of urea groups is 1. The molecule has 0 saturated carbocycles. The van der Waals surface area contributed by atoms with Crippen LogP contribution in [0.2, 0.25) is 0 Å². The maximum atomic E-state index is 12.3. The molecule has 0 aromatic carbocycles. The van der Waals surface area contributed by atoms with E-state index in [-0.39, 0.29) is 18.1 Å². The number of hydrogen-bond acceptors (Lipinski definition) is 5. The van der Waals surface area contributed by atoms with Crippen molar-refractivity contribution in [3.05, 3.63) is 36.3 Å². The van der Waals surface area contributed by atoms with Gasteiger partial charge in [0.05, 0.1) is 18.3 Å². The first-order chi connectivity index (χ1) is 12.1. The first-order valence-corrected chi connectivity index (χ1v) is 8.81. The smallest absolute Gasteiger partial charge is 0.315 e. The average Bonchev–Trinajstić information content (AvgIpc) is 3.28. The number of rotatable bonds is 6. The largest absolute Gasteiger partial charge is 0.468 e. The summed E-state index contributed by atoms with van der Waals surface area (Å²) in [6.45, 7) is 4.46. The number of aryl methyl sites for hydroxylation is 1. The summed E-state index contributed by atoms with van der Waals surface area (Å²) in [4.78, 5) is 14.7. The van der Waals surface area contributed by atoms with Crippen molar-refractivity contribution in [2.75, 3.05) is 19.6 Å². The van der Waals surface area contributed by atoms with E-state index in [9.17, 15) is 4.79 Å². The molecule has 3 heterocycles. The van der Waals surface area contributed by atoms with Gasteiger partial charge in [0, 0.05) is 13.6 Å². The highest BCUT2D eigenvalue weighted by molar-refractivity contribution is 5.74. The van der Waals surface area contributed by atoms with E-state index in [0.717, 1.165) is 18.8 Å². The minimum Gasteiger partial charge on any atom is -0.468 e. The van der Waals surface area contributed by atoms with Gasteiger partial charge in [-0.05, 0) is 45.0 Å². The highest BCUT2D eigenvalue weighted by Gasteiger charge is 2.25. The number of piperidine rings is 1. The second-order valence-electron chi connectivity index (χ2n) is 6.50. The number of aromatic nitrogens is 3. The van der Waals surface area contributed by atoms with Crippen LogP contribution in [0.15, 0.2) is 29.1 Å². The van der Waals surface area contributed by atoms with Crippen LogP contribution < -0.4 is 10.6 Å². The Kier molecular flexibility index (Phi) is 5.70. The lowest BCUT2D eigenvalue weighted by atomic mass is 10.1. The molecule has 8 heteroatoms. The van der Waals surface area contributed by atoms with Crippen molar-refractivity contribution in [3.63, 3.8) is 0 Å². The molecule has 1 saturated heterocycles. The van der Waals surface area contributed by atoms with Crippen LogP contribution in [0.5, 0.6) is 0 Å². The number of nitrogens with one attached hydrogen (secondary N) is 2. The number of hydrogen-bond donors (Lipinski definition) is 2. The number of amides is 2. The molecule has 0 bridgehead atoms. The molecule has 25 heavy (non-hydrogen) atoms. The lowest BCUT2D eigenvalue weighted by molar-refractivity contribution is 0.143. The molecule has 8 nitrogen and oxygen atoms in total. The van der Waals surface area contributed by atoms with Gasteiger partial charge >= 0.3 is 6.03 Å². The second kappa shape index (κ2) is 8.15. The first kappa shape index (κ1) is 17.5. The summed E-state index contributed by atoms with van der Waals surface area (Å²) in [6, 6.07) is 3.49. The van der Waals surface area contributed by atoms with Crippen LogP contribution in [0.4, 0.5) is 4.79 Å². The zero-order chi connectivity index (χ0) is 17.6. The Bertz CT molecular complexity index is 662.